The Kier molecular flexibility index (Phi) is 4.63. The minimum absolute atomic E-state index is 0.0871. The van der Waals surface area contributed by atoms with Gasteiger partial charge in [-0.05, 0) is 44.3 Å². The quantitative estimate of drug-likeness (QED) is 0.715. The first kappa shape index (κ1) is 16.7. The van der Waals surface area contributed by atoms with E-state index in [-0.39, 0.29) is 5.91 Å². The van der Waals surface area contributed by atoms with Crippen LogP contribution in [0, 0.1) is 0 Å². The smallest absolute Gasteiger partial charge is 0.254 e. The van der Waals surface area contributed by atoms with E-state index in [2.05, 4.69) is 16.9 Å². The SMILES string of the molecule is CN1CCCN(C(=O)c2cc(-c3cccnc3)nc3ccccc23)CC1. The molecule has 0 N–H and O–H groups in total. The van der Waals surface area contributed by atoms with Gasteiger partial charge in [-0.3, -0.25) is 9.78 Å². The van der Waals surface area contributed by atoms with E-state index in [9.17, 15) is 4.79 Å². The Morgan fingerprint density at radius 2 is 1.92 bits per heavy atom. The highest BCUT2D eigenvalue weighted by atomic mass is 16.2. The van der Waals surface area contributed by atoms with Crippen molar-refractivity contribution in [2.24, 2.45) is 0 Å². The number of benzene rings is 1. The van der Waals surface area contributed by atoms with Gasteiger partial charge in [0.1, 0.15) is 0 Å². The number of para-hydroxylation sites is 1. The third kappa shape index (κ3) is 3.30. The summed E-state index contributed by atoms with van der Waals surface area (Å²) in [5, 5.41) is 0.905. The van der Waals surface area contributed by atoms with Crippen LogP contribution in [0.5, 0.6) is 0 Å². The zero-order chi connectivity index (χ0) is 17.9. The van der Waals surface area contributed by atoms with Crippen molar-refractivity contribution >= 4 is 16.8 Å². The highest BCUT2D eigenvalue weighted by Crippen LogP contribution is 2.25. The van der Waals surface area contributed by atoms with E-state index in [0.29, 0.717) is 0 Å². The van der Waals surface area contributed by atoms with Crippen LogP contribution in [0.3, 0.4) is 0 Å². The number of aromatic nitrogens is 2. The summed E-state index contributed by atoms with van der Waals surface area (Å²) >= 11 is 0. The van der Waals surface area contributed by atoms with Crippen molar-refractivity contribution in [3.63, 3.8) is 0 Å². The Morgan fingerprint density at radius 3 is 2.77 bits per heavy atom. The summed E-state index contributed by atoms with van der Waals surface area (Å²) in [6.45, 7) is 3.49. The molecule has 2 aromatic heterocycles. The molecule has 0 aliphatic carbocycles. The van der Waals surface area contributed by atoms with Crippen LogP contribution >= 0.6 is 0 Å². The summed E-state index contributed by atoms with van der Waals surface area (Å²) < 4.78 is 0. The molecule has 4 rings (SSSR count). The molecule has 1 fully saturated rings. The summed E-state index contributed by atoms with van der Waals surface area (Å²) in [6.07, 6.45) is 4.53. The number of nitrogens with zero attached hydrogens (tertiary/aromatic N) is 4. The van der Waals surface area contributed by atoms with Gasteiger partial charge in [0.25, 0.3) is 5.91 Å². The van der Waals surface area contributed by atoms with Crippen molar-refractivity contribution in [2.45, 2.75) is 6.42 Å². The Labute approximate surface area is 153 Å². The molecule has 0 atom stereocenters. The maximum atomic E-state index is 13.3. The van der Waals surface area contributed by atoms with E-state index in [0.717, 1.165) is 60.3 Å². The fourth-order valence-electron chi connectivity index (χ4n) is 3.43. The van der Waals surface area contributed by atoms with Crippen LogP contribution in [-0.2, 0) is 0 Å². The zero-order valence-corrected chi connectivity index (χ0v) is 14.9. The van der Waals surface area contributed by atoms with Crippen molar-refractivity contribution in [2.75, 3.05) is 33.2 Å². The lowest BCUT2D eigenvalue weighted by Gasteiger charge is -2.21. The highest BCUT2D eigenvalue weighted by molar-refractivity contribution is 6.07. The molecule has 0 spiro atoms. The first-order valence-corrected chi connectivity index (χ1v) is 9.00. The number of likely N-dealkylation sites (N-methyl/N-ethyl adjacent to an activating group) is 1. The number of carbonyl (C=O) groups excluding carboxylic acids is 1. The molecular weight excluding hydrogens is 324 g/mol. The van der Waals surface area contributed by atoms with E-state index >= 15 is 0 Å². The van der Waals surface area contributed by atoms with Crippen molar-refractivity contribution in [1.29, 1.82) is 0 Å². The molecule has 26 heavy (non-hydrogen) atoms. The largest absolute Gasteiger partial charge is 0.337 e. The third-order valence-corrected chi connectivity index (χ3v) is 4.91. The molecule has 3 aromatic rings. The van der Waals surface area contributed by atoms with Crippen LogP contribution < -0.4 is 0 Å². The summed E-state index contributed by atoms with van der Waals surface area (Å²) in [7, 11) is 2.11. The molecule has 0 saturated carbocycles. The van der Waals surface area contributed by atoms with Gasteiger partial charge in [-0.15, -0.1) is 0 Å². The number of carbonyl (C=O) groups is 1. The molecule has 0 radical (unpaired) electrons. The monoisotopic (exact) mass is 346 g/mol. The van der Waals surface area contributed by atoms with Gasteiger partial charge >= 0.3 is 0 Å². The lowest BCUT2D eigenvalue weighted by atomic mass is 10.0. The summed E-state index contributed by atoms with van der Waals surface area (Å²) in [5.74, 6) is 0.0871. The molecular formula is C21H22N4O. The lowest BCUT2D eigenvalue weighted by Crippen LogP contribution is -2.34. The van der Waals surface area contributed by atoms with Crippen LogP contribution in [-0.4, -0.2) is 58.9 Å². The summed E-state index contributed by atoms with van der Waals surface area (Å²) in [5.41, 5.74) is 3.26. The van der Waals surface area contributed by atoms with Crippen LogP contribution in [0.25, 0.3) is 22.2 Å². The number of rotatable bonds is 2. The maximum absolute atomic E-state index is 13.3. The molecule has 5 nitrogen and oxygen atoms in total. The van der Waals surface area contributed by atoms with E-state index < -0.39 is 0 Å². The standard InChI is InChI=1S/C21H22N4O/c1-24-10-5-11-25(13-12-24)21(26)18-14-20(16-6-4-9-22-15-16)23-19-8-3-2-7-17(18)19/h2-4,6-9,14-15H,5,10-13H2,1H3. The van der Waals surface area contributed by atoms with E-state index in [4.69, 9.17) is 4.98 Å². The van der Waals surface area contributed by atoms with Gasteiger partial charge in [-0.2, -0.15) is 0 Å². The minimum Gasteiger partial charge on any atom is -0.337 e. The van der Waals surface area contributed by atoms with Gasteiger partial charge < -0.3 is 9.80 Å². The molecule has 132 valence electrons. The number of amides is 1. The first-order valence-electron chi connectivity index (χ1n) is 9.00. The molecule has 1 amide bonds. The number of hydrogen-bond donors (Lipinski definition) is 0. The van der Waals surface area contributed by atoms with Crippen LogP contribution in [0.1, 0.15) is 16.8 Å². The fourth-order valence-corrected chi connectivity index (χ4v) is 3.43. The number of hydrogen-bond acceptors (Lipinski definition) is 4. The predicted octanol–water partition coefficient (Wildman–Crippen LogP) is 3.07. The molecule has 0 unspecified atom stereocenters. The highest BCUT2D eigenvalue weighted by Gasteiger charge is 2.22. The molecule has 3 heterocycles. The first-order chi connectivity index (χ1) is 12.7. The topological polar surface area (TPSA) is 49.3 Å². The average Bonchev–Trinajstić information content (AvgIpc) is 2.92. The van der Waals surface area contributed by atoms with Crippen molar-refractivity contribution in [3.8, 4) is 11.3 Å². The van der Waals surface area contributed by atoms with E-state index in [1.807, 2.05) is 47.4 Å². The second-order valence-corrected chi connectivity index (χ2v) is 6.76. The van der Waals surface area contributed by atoms with E-state index in [1.165, 1.54) is 0 Å². The summed E-state index contributed by atoms with van der Waals surface area (Å²) in [4.78, 5) is 26.5. The third-order valence-electron chi connectivity index (χ3n) is 4.91. The fraction of sp³-hybridized carbons (Fsp3) is 0.286. The van der Waals surface area contributed by atoms with E-state index in [1.54, 1.807) is 12.4 Å². The maximum Gasteiger partial charge on any atom is 0.254 e. The normalized spacial score (nSPS) is 15.8. The molecule has 0 bridgehead atoms. The van der Waals surface area contributed by atoms with Gasteiger partial charge in [0, 0.05) is 43.0 Å². The van der Waals surface area contributed by atoms with Gasteiger partial charge in [-0.25, -0.2) is 4.98 Å². The van der Waals surface area contributed by atoms with Gasteiger partial charge in [-0.1, -0.05) is 18.2 Å². The second-order valence-electron chi connectivity index (χ2n) is 6.76. The molecule has 1 aliphatic rings. The Bertz CT molecular complexity index is 926. The Morgan fingerprint density at radius 1 is 1.04 bits per heavy atom. The Balaban J connectivity index is 1.79. The van der Waals surface area contributed by atoms with Gasteiger partial charge in [0.2, 0.25) is 0 Å². The van der Waals surface area contributed by atoms with Crippen molar-refractivity contribution < 1.29 is 4.79 Å². The predicted molar refractivity (Wildman–Crippen MR) is 103 cm³/mol. The van der Waals surface area contributed by atoms with Gasteiger partial charge in [0.15, 0.2) is 0 Å². The van der Waals surface area contributed by atoms with Crippen LogP contribution in [0.15, 0.2) is 54.9 Å². The van der Waals surface area contributed by atoms with Crippen LogP contribution in [0.2, 0.25) is 0 Å². The molecule has 1 aliphatic heterocycles. The summed E-state index contributed by atoms with van der Waals surface area (Å²) in [6, 6.07) is 13.6. The molecule has 1 aromatic carbocycles. The van der Waals surface area contributed by atoms with Crippen molar-refractivity contribution in [3.05, 3.63) is 60.4 Å². The molecule has 1 saturated heterocycles. The molecule has 5 heteroatoms. The number of pyridine rings is 2. The zero-order valence-electron chi connectivity index (χ0n) is 14.9. The Hall–Kier alpha value is -2.79. The lowest BCUT2D eigenvalue weighted by molar-refractivity contribution is 0.0765. The average molecular weight is 346 g/mol. The van der Waals surface area contributed by atoms with Crippen LogP contribution in [0.4, 0.5) is 0 Å². The minimum atomic E-state index is 0.0871. The van der Waals surface area contributed by atoms with Gasteiger partial charge in [0.05, 0.1) is 16.8 Å². The second kappa shape index (κ2) is 7.22. The number of fused-ring (bicyclic) bond motifs is 1. The van der Waals surface area contributed by atoms with Crippen molar-refractivity contribution in [1.82, 2.24) is 19.8 Å².